The summed E-state index contributed by atoms with van der Waals surface area (Å²) in [6.45, 7) is 7.82. The number of benzene rings is 2. The van der Waals surface area contributed by atoms with E-state index >= 15 is 0 Å². The first-order valence-electron chi connectivity index (χ1n) is 10.2. The maximum Gasteiger partial charge on any atom is 0.302 e. The molecule has 0 aliphatic heterocycles. The van der Waals surface area contributed by atoms with E-state index in [-0.39, 0.29) is 23.6 Å². The van der Waals surface area contributed by atoms with Crippen LogP contribution in [-0.4, -0.2) is 20.7 Å². The van der Waals surface area contributed by atoms with Gasteiger partial charge in [-0.25, -0.2) is 0 Å². The summed E-state index contributed by atoms with van der Waals surface area (Å²) in [7, 11) is 0. The number of carbonyl (C=O) groups excluding carboxylic acids is 1. The van der Waals surface area contributed by atoms with Crippen LogP contribution in [0.1, 0.15) is 38.8 Å². The largest absolute Gasteiger partial charge is 0.461 e. The highest BCUT2D eigenvalue weighted by Crippen LogP contribution is 2.29. The van der Waals surface area contributed by atoms with Crippen LogP contribution in [0.4, 0.5) is 0 Å². The van der Waals surface area contributed by atoms with E-state index in [9.17, 15) is 9.59 Å². The van der Waals surface area contributed by atoms with Crippen LogP contribution in [0.15, 0.2) is 65.8 Å². The van der Waals surface area contributed by atoms with Gasteiger partial charge < -0.3 is 9.72 Å². The Morgan fingerprint density at radius 1 is 1.16 bits per heavy atom. The molecule has 0 atom stereocenters. The van der Waals surface area contributed by atoms with Gasteiger partial charge in [0.15, 0.2) is 0 Å². The minimum atomic E-state index is -0.386. The van der Waals surface area contributed by atoms with Crippen LogP contribution in [0, 0.1) is 0 Å². The molecule has 0 aliphatic carbocycles. The van der Waals surface area contributed by atoms with Crippen LogP contribution < -0.4 is 5.56 Å². The lowest BCUT2D eigenvalue weighted by molar-refractivity contribution is -0.142. The minimum absolute atomic E-state index is 0.0227. The van der Waals surface area contributed by atoms with Gasteiger partial charge in [0.25, 0.3) is 5.56 Å². The molecule has 31 heavy (non-hydrogen) atoms. The van der Waals surface area contributed by atoms with E-state index in [1.807, 2.05) is 54.9 Å². The molecule has 0 bridgehead atoms. The van der Waals surface area contributed by atoms with Gasteiger partial charge in [0.05, 0.1) is 17.3 Å². The molecule has 2 heterocycles. The van der Waals surface area contributed by atoms with Gasteiger partial charge in [-0.2, -0.15) is 9.78 Å². The van der Waals surface area contributed by atoms with Gasteiger partial charge in [-0.3, -0.25) is 9.59 Å². The topological polar surface area (TPSA) is 77.0 Å². The summed E-state index contributed by atoms with van der Waals surface area (Å²) in [5.41, 5.74) is 4.02. The van der Waals surface area contributed by atoms with E-state index in [0.717, 1.165) is 27.6 Å². The molecule has 1 N–H and O–H groups in total. The molecular formula is C25H25N3O3. The summed E-state index contributed by atoms with van der Waals surface area (Å²) < 4.78 is 6.70. The Bertz CT molecular complexity index is 1310. The van der Waals surface area contributed by atoms with Crippen LogP contribution in [0.3, 0.4) is 0 Å². The second kappa shape index (κ2) is 7.87. The number of aromatic nitrogens is 3. The molecule has 4 aromatic rings. The summed E-state index contributed by atoms with van der Waals surface area (Å²) in [5, 5.41) is 5.86. The Morgan fingerprint density at radius 2 is 1.97 bits per heavy atom. The number of aromatic amines is 1. The van der Waals surface area contributed by atoms with Crippen molar-refractivity contribution >= 4 is 16.7 Å². The molecular weight excluding hydrogens is 390 g/mol. The van der Waals surface area contributed by atoms with Gasteiger partial charge in [0.2, 0.25) is 0 Å². The quantitative estimate of drug-likeness (QED) is 0.488. The number of H-pyrrole nitrogens is 1. The van der Waals surface area contributed by atoms with E-state index in [4.69, 9.17) is 4.74 Å². The highest BCUT2D eigenvalue weighted by molar-refractivity contribution is 5.82. The third kappa shape index (κ3) is 4.01. The predicted octanol–water partition coefficient (Wildman–Crippen LogP) is 4.74. The lowest BCUT2D eigenvalue weighted by Gasteiger charge is -2.19. The molecule has 0 radical (unpaired) electrons. The normalized spacial score (nSPS) is 11.6. The van der Waals surface area contributed by atoms with Crippen LogP contribution in [-0.2, 0) is 21.6 Å². The Labute approximate surface area is 180 Å². The highest BCUT2D eigenvalue weighted by atomic mass is 16.5. The zero-order valence-electron chi connectivity index (χ0n) is 18.1. The Kier molecular flexibility index (Phi) is 5.23. The number of nitrogens with zero attached hydrogens (tertiary/aromatic N) is 2. The van der Waals surface area contributed by atoms with Crippen molar-refractivity contribution in [3.63, 3.8) is 0 Å². The van der Waals surface area contributed by atoms with Crippen molar-refractivity contribution in [2.75, 3.05) is 0 Å². The van der Waals surface area contributed by atoms with Crippen molar-refractivity contribution in [3.05, 3.63) is 82.5 Å². The summed E-state index contributed by atoms with van der Waals surface area (Å²) in [4.78, 5) is 27.9. The summed E-state index contributed by atoms with van der Waals surface area (Å²) in [5.74, 6) is -0.386. The molecule has 4 rings (SSSR count). The maximum absolute atomic E-state index is 13.4. The first-order valence-corrected chi connectivity index (χ1v) is 10.2. The zero-order chi connectivity index (χ0) is 22.2. The molecule has 6 nitrogen and oxygen atoms in total. The number of rotatable bonds is 4. The second-order valence-corrected chi connectivity index (χ2v) is 8.60. The predicted molar refractivity (Wildman–Crippen MR) is 121 cm³/mol. The molecule has 0 amide bonds. The number of carbonyl (C=O) groups is 1. The summed E-state index contributed by atoms with van der Waals surface area (Å²) in [6, 6.07) is 13.4. The van der Waals surface area contributed by atoms with Crippen molar-refractivity contribution in [3.8, 4) is 16.8 Å². The van der Waals surface area contributed by atoms with E-state index in [1.165, 1.54) is 11.6 Å². The van der Waals surface area contributed by atoms with Crippen LogP contribution in [0.2, 0.25) is 0 Å². The van der Waals surface area contributed by atoms with E-state index in [0.29, 0.717) is 11.1 Å². The minimum Gasteiger partial charge on any atom is -0.461 e. The van der Waals surface area contributed by atoms with E-state index < -0.39 is 0 Å². The van der Waals surface area contributed by atoms with Crippen molar-refractivity contribution < 1.29 is 9.53 Å². The Hall–Kier alpha value is -3.67. The van der Waals surface area contributed by atoms with Gasteiger partial charge >= 0.3 is 5.97 Å². The van der Waals surface area contributed by atoms with E-state index in [1.54, 1.807) is 6.20 Å². The smallest absolute Gasteiger partial charge is 0.302 e. The van der Waals surface area contributed by atoms with E-state index in [2.05, 4.69) is 30.9 Å². The monoisotopic (exact) mass is 415 g/mol. The Morgan fingerprint density at radius 3 is 2.65 bits per heavy atom. The highest BCUT2D eigenvalue weighted by Gasteiger charge is 2.18. The Balaban J connectivity index is 1.91. The lowest BCUT2D eigenvalue weighted by Crippen LogP contribution is -2.23. The first-order chi connectivity index (χ1) is 14.8. The lowest BCUT2D eigenvalue weighted by atomic mass is 9.86. The fourth-order valence-corrected chi connectivity index (χ4v) is 3.65. The number of ether oxygens (including phenoxy) is 1. The molecule has 0 spiro atoms. The molecule has 6 heteroatoms. The third-order valence-electron chi connectivity index (χ3n) is 5.36. The number of hydrogen-bond donors (Lipinski definition) is 1. The molecule has 0 aliphatic rings. The van der Waals surface area contributed by atoms with Crippen molar-refractivity contribution in [2.24, 2.45) is 0 Å². The second-order valence-electron chi connectivity index (χ2n) is 8.60. The maximum atomic E-state index is 13.4. The first kappa shape index (κ1) is 20.6. The third-order valence-corrected chi connectivity index (χ3v) is 5.36. The van der Waals surface area contributed by atoms with Gasteiger partial charge in [-0.15, -0.1) is 0 Å². The van der Waals surface area contributed by atoms with Crippen LogP contribution in [0.5, 0.6) is 0 Å². The number of nitrogens with one attached hydrogen (secondary N) is 1. The molecule has 2 aromatic heterocycles. The summed E-state index contributed by atoms with van der Waals surface area (Å²) >= 11 is 0. The molecule has 0 unspecified atom stereocenters. The van der Waals surface area contributed by atoms with Crippen molar-refractivity contribution in [1.82, 2.24) is 14.8 Å². The molecule has 158 valence electrons. The average Bonchev–Trinajstić information content (AvgIpc) is 3.26. The summed E-state index contributed by atoms with van der Waals surface area (Å²) in [6.07, 6.45) is 5.40. The number of esters is 1. The SMILES string of the molecule is CC(=O)OCc1c(-c2cc[nH]c2)cccc1-n1ncc2cc(C(C)(C)C)ccc2c1=O. The van der Waals surface area contributed by atoms with Crippen molar-refractivity contribution in [2.45, 2.75) is 39.7 Å². The number of hydrogen-bond acceptors (Lipinski definition) is 4. The van der Waals surface area contributed by atoms with Gasteiger partial charge in [-0.05, 0) is 46.4 Å². The van der Waals surface area contributed by atoms with Crippen LogP contribution >= 0.6 is 0 Å². The van der Waals surface area contributed by atoms with Gasteiger partial charge in [-0.1, -0.05) is 39.0 Å². The fourth-order valence-electron chi connectivity index (χ4n) is 3.65. The van der Waals surface area contributed by atoms with Gasteiger partial charge in [0, 0.05) is 30.3 Å². The van der Waals surface area contributed by atoms with Crippen LogP contribution in [0.25, 0.3) is 27.6 Å². The average molecular weight is 415 g/mol. The molecule has 2 aromatic carbocycles. The molecule has 0 fully saturated rings. The zero-order valence-corrected chi connectivity index (χ0v) is 18.1. The van der Waals surface area contributed by atoms with Crippen molar-refractivity contribution in [1.29, 1.82) is 0 Å². The molecule has 0 saturated carbocycles. The number of fused-ring (bicyclic) bond motifs is 1. The van der Waals surface area contributed by atoms with Gasteiger partial charge in [0.1, 0.15) is 6.61 Å². The molecule has 0 saturated heterocycles. The fraction of sp³-hybridized carbons (Fsp3) is 0.240. The standard InChI is InChI=1S/C25H25N3O3/c1-16(29)31-15-22-20(17-10-11-26-13-17)6-5-7-23(22)28-24(30)21-9-8-19(25(2,3)4)12-18(21)14-27-28/h5-14,26H,15H2,1-4H3.